The molecule has 1 aromatic rings. The number of imide groups is 1. The van der Waals surface area contributed by atoms with Crippen molar-refractivity contribution in [3.05, 3.63) is 22.7 Å². The number of nitrogens with zero attached hydrogens (tertiary/aromatic N) is 1. The molecule has 1 aliphatic heterocycles. The molecule has 0 saturated carbocycles. The Balaban J connectivity index is 2.35. The number of benzene rings is 1. The van der Waals surface area contributed by atoms with E-state index in [2.05, 4.69) is 15.9 Å². The maximum atomic E-state index is 11.9. The summed E-state index contributed by atoms with van der Waals surface area (Å²) in [5.41, 5.74) is 6.81. The van der Waals surface area contributed by atoms with Crippen LogP contribution < -0.4 is 10.6 Å². The number of nitrogens with two attached hydrogens (primary N) is 1. The minimum atomic E-state index is -0.157. The number of carbonyl (C=O) groups excluding carboxylic acids is 2. The monoisotopic (exact) mass is 296 g/mol. The molecule has 0 atom stereocenters. The fourth-order valence-corrected chi connectivity index (χ4v) is 2.19. The van der Waals surface area contributed by atoms with Crippen LogP contribution in [-0.2, 0) is 9.59 Å². The molecule has 0 bridgehead atoms. The molecule has 90 valence electrons. The number of nitrogen functional groups attached to an aromatic ring is 1. The van der Waals surface area contributed by atoms with Crippen LogP contribution in [0, 0.1) is 5.92 Å². The molecular weight excluding hydrogens is 284 g/mol. The Labute approximate surface area is 108 Å². The number of amides is 2. The Bertz CT molecular complexity index is 469. The molecular formula is C12H13BrN2O2. The van der Waals surface area contributed by atoms with Gasteiger partial charge in [-0.2, -0.15) is 0 Å². The summed E-state index contributed by atoms with van der Waals surface area (Å²) in [7, 11) is 0. The van der Waals surface area contributed by atoms with E-state index in [9.17, 15) is 9.59 Å². The van der Waals surface area contributed by atoms with Crippen LogP contribution in [-0.4, -0.2) is 11.8 Å². The SMILES string of the molecule is CC1CC(=O)N(c2ccc(Br)c(N)c2)C(=O)C1. The van der Waals surface area contributed by atoms with Crippen molar-refractivity contribution in [1.82, 2.24) is 0 Å². The van der Waals surface area contributed by atoms with Crippen molar-refractivity contribution in [1.29, 1.82) is 0 Å². The highest BCUT2D eigenvalue weighted by Gasteiger charge is 2.31. The van der Waals surface area contributed by atoms with Crippen LogP contribution in [0.4, 0.5) is 11.4 Å². The van der Waals surface area contributed by atoms with Crippen molar-refractivity contribution < 1.29 is 9.59 Å². The number of halogens is 1. The van der Waals surface area contributed by atoms with Crippen molar-refractivity contribution in [2.24, 2.45) is 5.92 Å². The smallest absolute Gasteiger partial charge is 0.234 e. The maximum absolute atomic E-state index is 11.9. The molecule has 1 saturated heterocycles. The normalized spacial score (nSPS) is 17.6. The van der Waals surface area contributed by atoms with E-state index in [0.29, 0.717) is 24.2 Å². The number of hydrogen-bond acceptors (Lipinski definition) is 3. The largest absolute Gasteiger partial charge is 0.398 e. The Kier molecular flexibility index (Phi) is 3.19. The minimum Gasteiger partial charge on any atom is -0.398 e. The van der Waals surface area contributed by atoms with Gasteiger partial charge in [0.2, 0.25) is 11.8 Å². The van der Waals surface area contributed by atoms with Crippen LogP contribution in [0.2, 0.25) is 0 Å². The lowest BCUT2D eigenvalue weighted by Crippen LogP contribution is -2.42. The highest BCUT2D eigenvalue weighted by molar-refractivity contribution is 9.10. The molecule has 0 aromatic heterocycles. The van der Waals surface area contributed by atoms with Crippen LogP contribution >= 0.6 is 15.9 Å². The number of anilines is 2. The third kappa shape index (κ3) is 2.34. The molecule has 0 unspecified atom stereocenters. The average Bonchev–Trinajstić information content (AvgIpc) is 2.21. The van der Waals surface area contributed by atoms with E-state index < -0.39 is 0 Å². The Morgan fingerprint density at radius 2 is 1.88 bits per heavy atom. The molecule has 1 aromatic carbocycles. The summed E-state index contributed by atoms with van der Waals surface area (Å²) < 4.78 is 0.756. The van der Waals surface area contributed by atoms with Crippen molar-refractivity contribution >= 4 is 39.1 Å². The first kappa shape index (κ1) is 12.1. The Hall–Kier alpha value is -1.36. The molecule has 1 fully saturated rings. The van der Waals surface area contributed by atoms with Crippen molar-refractivity contribution in [3.8, 4) is 0 Å². The van der Waals surface area contributed by atoms with Gasteiger partial charge in [-0.25, -0.2) is 0 Å². The van der Waals surface area contributed by atoms with Gasteiger partial charge in [-0.15, -0.1) is 0 Å². The molecule has 1 heterocycles. The van der Waals surface area contributed by atoms with Gasteiger partial charge in [-0.1, -0.05) is 6.92 Å². The predicted octanol–water partition coefficient (Wildman–Crippen LogP) is 2.32. The van der Waals surface area contributed by atoms with E-state index in [1.807, 2.05) is 6.92 Å². The van der Waals surface area contributed by atoms with Crippen molar-refractivity contribution in [2.75, 3.05) is 10.6 Å². The molecule has 0 radical (unpaired) electrons. The zero-order valence-corrected chi connectivity index (χ0v) is 11.0. The summed E-state index contributed by atoms with van der Waals surface area (Å²) in [6, 6.07) is 5.09. The van der Waals surface area contributed by atoms with E-state index in [0.717, 1.165) is 4.47 Å². The maximum Gasteiger partial charge on any atom is 0.234 e. The van der Waals surface area contributed by atoms with E-state index >= 15 is 0 Å². The van der Waals surface area contributed by atoms with E-state index in [-0.39, 0.29) is 17.7 Å². The van der Waals surface area contributed by atoms with Crippen LogP contribution in [0.15, 0.2) is 22.7 Å². The third-order valence-electron chi connectivity index (χ3n) is 2.78. The lowest BCUT2D eigenvalue weighted by atomic mass is 9.97. The first-order chi connectivity index (χ1) is 7.99. The van der Waals surface area contributed by atoms with Crippen molar-refractivity contribution in [3.63, 3.8) is 0 Å². The highest BCUT2D eigenvalue weighted by Crippen LogP contribution is 2.29. The predicted molar refractivity (Wildman–Crippen MR) is 69.4 cm³/mol. The second-order valence-electron chi connectivity index (χ2n) is 4.34. The minimum absolute atomic E-state index is 0.124. The number of piperidine rings is 1. The molecule has 0 aliphatic carbocycles. The molecule has 2 rings (SSSR count). The van der Waals surface area contributed by atoms with Gasteiger partial charge in [0.1, 0.15) is 0 Å². The molecule has 0 spiro atoms. The number of carbonyl (C=O) groups is 2. The van der Waals surface area contributed by atoms with E-state index in [4.69, 9.17) is 5.73 Å². The highest BCUT2D eigenvalue weighted by atomic mass is 79.9. The topological polar surface area (TPSA) is 63.4 Å². The van der Waals surface area contributed by atoms with Gasteiger partial charge >= 0.3 is 0 Å². The number of hydrogen-bond donors (Lipinski definition) is 1. The van der Waals surface area contributed by atoms with Crippen molar-refractivity contribution in [2.45, 2.75) is 19.8 Å². The lowest BCUT2D eigenvalue weighted by Gasteiger charge is -2.28. The summed E-state index contributed by atoms with van der Waals surface area (Å²) >= 11 is 3.28. The van der Waals surface area contributed by atoms with Crippen LogP contribution in [0.1, 0.15) is 19.8 Å². The van der Waals surface area contributed by atoms with Crippen LogP contribution in [0.5, 0.6) is 0 Å². The molecule has 4 nitrogen and oxygen atoms in total. The van der Waals surface area contributed by atoms with E-state index in [1.54, 1.807) is 18.2 Å². The van der Waals surface area contributed by atoms with Gasteiger partial charge in [0.05, 0.1) is 5.69 Å². The average molecular weight is 297 g/mol. The Morgan fingerprint density at radius 1 is 1.29 bits per heavy atom. The third-order valence-corrected chi connectivity index (χ3v) is 3.50. The summed E-state index contributed by atoms with van der Waals surface area (Å²) in [6.07, 6.45) is 0.809. The van der Waals surface area contributed by atoms with Crippen LogP contribution in [0.3, 0.4) is 0 Å². The van der Waals surface area contributed by atoms with Gasteiger partial charge in [0.25, 0.3) is 0 Å². The second-order valence-corrected chi connectivity index (χ2v) is 5.20. The fourth-order valence-electron chi connectivity index (χ4n) is 1.95. The molecule has 17 heavy (non-hydrogen) atoms. The standard InChI is InChI=1S/C12H13BrN2O2/c1-7-4-11(16)15(12(17)5-7)8-2-3-9(13)10(14)6-8/h2-3,6-7H,4-5,14H2,1H3. The second kappa shape index (κ2) is 4.49. The molecule has 2 amide bonds. The lowest BCUT2D eigenvalue weighted by molar-refractivity contribution is -0.130. The summed E-state index contributed by atoms with van der Waals surface area (Å²) in [4.78, 5) is 25.0. The van der Waals surface area contributed by atoms with E-state index in [1.165, 1.54) is 4.90 Å². The first-order valence-corrected chi connectivity index (χ1v) is 6.19. The summed E-state index contributed by atoms with van der Waals surface area (Å²) in [6.45, 7) is 1.91. The number of rotatable bonds is 1. The van der Waals surface area contributed by atoms with Gasteiger partial charge in [0, 0.05) is 23.0 Å². The summed E-state index contributed by atoms with van der Waals surface area (Å²) in [5.74, 6) is -0.190. The molecule has 1 aliphatic rings. The van der Waals surface area contributed by atoms with Gasteiger partial charge in [0.15, 0.2) is 0 Å². The van der Waals surface area contributed by atoms with Gasteiger partial charge in [-0.3, -0.25) is 14.5 Å². The molecule has 5 heteroatoms. The zero-order valence-electron chi connectivity index (χ0n) is 9.44. The quantitative estimate of drug-likeness (QED) is 0.639. The zero-order chi connectivity index (χ0) is 12.6. The van der Waals surface area contributed by atoms with Gasteiger partial charge in [-0.05, 0) is 40.0 Å². The van der Waals surface area contributed by atoms with Gasteiger partial charge < -0.3 is 5.73 Å². The fraction of sp³-hybridized carbons (Fsp3) is 0.333. The Morgan fingerprint density at radius 3 is 2.41 bits per heavy atom. The van der Waals surface area contributed by atoms with Crippen LogP contribution in [0.25, 0.3) is 0 Å². The summed E-state index contributed by atoms with van der Waals surface area (Å²) in [5, 5.41) is 0. The first-order valence-electron chi connectivity index (χ1n) is 5.40. The molecule has 2 N–H and O–H groups in total.